The van der Waals surface area contributed by atoms with Gasteiger partial charge in [0, 0.05) is 24.9 Å². The van der Waals surface area contributed by atoms with E-state index >= 15 is 0 Å². The highest BCUT2D eigenvalue weighted by atomic mass is 32.1. The van der Waals surface area contributed by atoms with Crippen LogP contribution in [0.5, 0.6) is 0 Å². The minimum Gasteiger partial charge on any atom is -0.335 e. The maximum atomic E-state index is 13.2. The van der Waals surface area contributed by atoms with Crippen molar-refractivity contribution in [3.8, 4) is 10.6 Å². The number of carbonyl (C=O) groups is 2. The third-order valence-electron chi connectivity index (χ3n) is 6.09. The van der Waals surface area contributed by atoms with E-state index in [4.69, 9.17) is 0 Å². The van der Waals surface area contributed by atoms with E-state index in [0.29, 0.717) is 18.1 Å². The summed E-state index contributed by atoms with van der Waals surface area (Å²) in [7, 11) is 0. The van der Waals surface area contributed by atoms with E-state index in [1.165, 1.54) is 37.0 Å². The number of hydrogen-bond donors (Lipinski definition) is 1. The van der Waals surface area contributed by atoms with Crippen molar-refractivity contribution in [3.05, 3.63) is 66.2 Å². The number of nitrogens with zero attached hydrogens (tertiary/aromatic N) is 3. The first kappa shape index (κ1) is 26.5. The van der Waals surface area contributed by atoms with Gasteiger partial charge in [-0.25, -0.2) is 0 Å². The summed E-state index contributed by atoms with van der Waals surface area (Å²) in [5.74, 6) is -0.0645. The number of nitrogens with one attached hydrogen (secondary N) is 1. The van der Waals surface area contributed by atoms with Gasteiger partial charge in [-0.2, -0.15) is 0 Å². The van der Waals surface area contributed by atoms with Crippen LogP contribution in [0.25, 0.3) is 10.6 Å². The fourth-order valence-corrected chi connectivity index (χ4v) is 4.79. The molecular weight excluding hydrogens is 456 g/mol. The topological polar surface area (TPSA) is 75.2 Å². The first-order valence-corrected chi connectivity index (χ1v) is 13.4. The number of anilines is 1. The van der Waals surface area contributed by atoms with Crippen LogP contribution in [0, 0.1) is 0 Å². The third kappa shape index (κ3) is 8.58. The lowest BCUT2D eigenvalue weighted by atomic mass is 10.0. The van der Waals surface area contributed by atoms with E-state index in [2.05, 4.69) is 22.4 Å². The molecule has 1 unspecified atom stereocenters. The van der Waals surface area contributed by atoms with Crippen molar-refractivity contribution in [2.45, 2.75) is 71.3 Å². The molecular formula is C28H36N4O2S. The average Bonchev–Trinajstić information content (AvgIpc) is 3.35. The van der Waals surface area contributed by atoms with Gasteiger partial charge in [-0.1, -0.05) is 111 Å². The second-order valence-electron chi connectivity index (χ2n) is 8.77. The lowest BCUT2D eigenvalue weighted by Crippen LogP contribution is -2.36. The van der Waals surface area contributed by atoms with Gasteiger partial charge in [-0.15, -0.1) is 10.2 Å². The quantitative estimate of drug-likeness (QED) is 0.249. The molecule has 0 fully saturated rings. The van der Waals surface area contributed by atoms with Gasteiger partial charge in [-0.3, -0.25) is 9.59 Å². The van der Waals surface area contributed by atoms with E-state index in [0.717, 1.165) is 29.0 Å². The van der Waals surface area contributed by atoms with Crippen LogP contribution >= 0.6 is 11.3 Å². The molecule has 3 aromatic rings. The van der Waals surface area contributed by atoms with Crippen LogP contribution in [-0.4, -0.2) is 33.5 Å². The van der Waals surface area contributed by atoms with Crippen LogP contribution in [0.4, 0.5) is 5.13 Å². The lowest BCUT2D eigenvalue weighted by Gasteiger charge is -2.30. The van der Waals surface area contributed by atoms with Crippen LogP contribution in [0.3, 0.4) is 0 Å². The zero-order valence-electron chi connectivity index (χ0n) is 20.8. The molecule has 0 aliphatic carbocycles. The van der Waals surface area contributed by atoms with Gasteiger partial charge in [0.1, 0.15) is 5.01 Å². The molecule has 1 N–H and O–H groups in total. The molecule has 0 saturated carbocycles. The molecule has 186 valence electrons. The lowest BCUT2D eigenvalue weighted by molar-refractivity contribution is -0.134. The molecule has 35 heavy (non-hydrogen) atoms. The smallest absolute Gasteiger partial charge is 0.227 e. The van der Waals surface area contributed by atoms with Gasteiger partial charge in [0.15, 0.2) is 0 Å². The minimum atomic E-state index is -0.168. The van der Waals surface area contributed by atoms with Crippen molar-refractivity contribution in [1.29, 1.82) is 0 Å². The molecule has 2 amide bonds. The summed E-state index contributed by atoms with van der Waals surface area (Å²) in [6.45, 7) is 4.60. The predicted molar refractivity (Wildman–Crippen MR) is 143 cm³/mol. The van der Waals surface area contributed by atoms with Gasteiger partial charge in [0.2, 0.25) is 16.9 Å². The Hall–Kier alpha value is -3.06. The summed E-state index contributed by atoms with van der Waals surface area (Å²) < 4.78 is 0. The average molecular weight is 493 g/mol. The Morgan fingerprint density at radius 3 is 2.26 bits per heavy atom. The van der Waals surface area contributed by atoms with Gasteiger partial charge >= 0.3 is 0 Å². The van der Waals surface area contributed by atoms with E-state index < -0.39 is 0 Å². The van der Waals surface area contributed by atoms with Crippen LogP contribution in [-0.2, 0) is 9.59 Å². The van der Waals surface area contributed by atoms with E-state index in [9.17, 15) is 9.59 Å². The van der Waals surface area contributed by atoms with E-state index in [-0.39, 0.29) is 24.3 Å². The molecule has 0 aliphatic rings. The van der Waals surface area contributed by atoms with Crippen LogP contribution in [0.1, 0.15) is 76.8 Å². The first-order chi connectivity index (χ1) is 17.1. The fraction of sp³-hybridized carbons (Fsp3) is 0.429. The Morgan fingerprint density at radius 2 is 1.54 bits per heavy atom. The summed E-state index contributed by atoms with van der Waals surface area (Å²) >= 11 is 1.34. The van der Waals surface area contributed by atoms with Crippen molar-refractivity contribution >= 4 is 28.3 Å². The number of amides is 2. The largest absolute Gasteiger partial charge is 0.335 e. The highest BCUT2D eigenvalue weighted by Gasteiger charge is 2.22. The molecule has 2 aromatic carbocycles. The van der Waals surface area contributed by atoms with Gasteiger partial charge < -0.3 is 10.2 Å². The number of benzene rings is 2. The highest BCUT2D eigenvalue weighted by Crippen LogP contribution is 2.26. The molecule has 0 aliphatic heterocycles. The Labute approximate surface area is 212 Å². The number of aromatic nitrogens is 2. The predicted octanol–water partition coefficient (Wildman–Crippen LogP) is 6.87. The Bertz CT molecular complexity index is 1040. The number of hydrogen-bond acceptors (Lipinski definition) is 5. The molecule has 6 nitrogen and oxygen atoms in total. The Kier molecular flexibility index (Phi) is 10.9. The molecule has 1 aromatic heterocycles. The SMILES string of the molecule is CCCCCCCCC(=O)N(CCC(=O)Nc1nnc(-c2ccccc2)s1)C(C)c1ccccc1. The Morgan fingerprint density at radius 1 is 0.886 bits per heavy atom. The van der Waals surface area contributed by atoms with Crippen LogP contribution in [0.2, 0.25) is 0 Å². The van der Waals surface area contributed by atoms with Crippen molar-refractivity contribution in [2.75, 3.05) is 11.9 Å². The molecule has 0 saturated heterocycles. The molecule has 0 bridgehead atoms. The van der Waals surface area contributed by atoms with Crippen molar-refractivity contribution < 1.29 is 9.59 Å². The summed E-state index contributed by atoms with van der Waals surface area (Å²) in [5, 5.41) is 12.4. The normalized spacial score (nSPS) is 11.7. The second kappa shape index (κ2) is 14.4. The number of unbranched alkanes of at least 4 members (excludes halogenated alkanes) is 5. The van der Waals surface area contributed by atoms with Crippen LogP contribution in [0.15, 0.2) is 60.7 Å². The molecule has 0 radical (unpaired) electrons. The molecule has 7 heteroatoms. The highest BCUT2D eigenvalue weighted by molar-refractivity contribution is 7.18. The fourth-order valence-electron chi connectivity index (χ4n) is 4.02. The third-order valence-corrected chi connectivity index (χ3v) is 6.97. The Balaban J connectivity index is 1.56. The molecule has 3 rings (SSSR count). The van der Waals surface area contributed by atoms with Gasteiger partial charge in [-0.05, 0) is 18.9 Å². The minimum absolute atomic E-state index is 0.0946. The molecule has 0 spiro atoms. The zero-order chi connectivity index (χ0) is 24.9. The monoisotopic (exact) mass is 492 g/mol. The molecule has 1 atom stereocenters. The van der Waals surface area contributed by atoms with Gasteiger partial charge in [0.25, 0.3) is 0 Å². The van der Waals surface area contributed by atoms with E-state index in [1.807, 2.05) is 72.5 Å². The molecule has 1 heterocycles. The maximum absolute atomic E-state index is 13.2. The van der Waals surface area contributed by atoms with Gasteiger partial charge in [0.05, 0.1) is 6.04 Å². The van der Waals surface area contributed by atoms with Crippen molar-refractivity contribution in [3.63, 3.8) is 0 Å². The number of rotatable bonds is 14. The second-order valence-corrected chi connectivity index (χ2v) is 9.75. The summed E-state index contributed by atoms with van der Waals surface area (Å²) in [6.07, 6.45) is 7.55. The summed E-state index contributed by atoms with van der Waals surface area (Å²) in [5.41, 5.74) is 2.04. The van der Waals surface area contributed by atoms with Crippen LogP contribution < -0.4 is 5.32 Å². The summed E-state index contributed by atoms with van der Waals surface area (Å²) in [6, 6.07) is 19.7. The van der Waals surface area contributed by atoms with Crippen molar-refractivity contribution in [2.24, 2.45) is 0 Å². The number of carbonyl (C=O) groups excluding carboxylic acids is 2. The first-order valence-electron chi connectivity index (χ1n) is 12.6. The van der Waals surface area contributed by atoms with E-state index in [1.54, 1.807) is 0 Å². The maximum Gasteiger partial charge on any atom is 0.227 e. The standard InChI is InChI=1S/C28H36N4O2S/c1-3-4-5-6-7-14-19-26(34)32(22(2)23-15-10-8-11-16-23)21-20-25(33)29-28-31-30-27(35-28)24-17-12-9-13-18-24/h8-13,15-18,22H,3-7,14,19-21H2,1-2H3,(H,29,31,33). The summed E-state index contributed by atoms with van der Waals surface area (Å²) in [4.78, 5) is 27.7. The van der Waals surface area contributed by atoms with Crippen molar-refractivity contribution in [1.82, 2.24) is 15.1 Å². The zero-order valence-corrected chi connectivity index (χ0v) is 21.6.